The Morgan fingerprint density at radius 3 is 1.45 bits per heavy atom. The molecule has 3 heteroatoms. The molecule has 0 radical (unpaired) electrons. The van der Waals surface area contributed by atoms with Crippen molar-refractivity contribution in [3.63, 3.8) is 0 Å². The van der Waals surface area contributed by atoms with Gasteiger partial charge in [-0.2, -0.15) is 0 Å². The summed E-state index contributed by atoms with van der Waals surface area (Å²) >= 11 is 0. The molecule has 0 aromatic heterocycles. The van der Waals surface area contributed by atoms with Crippen LogP contribution in [0.1, 0.15) is 76.3 Å². The Hall–Kier alpha value is -2.52. The van der Waals surface area contributed by atoms with Gasteiger partial charge in [0, 0.05) is 11.4 Å². The fourth-order valence-electron chi connectivity index (χ4n) is 7.49. The third-order valence-corrected chi connectivity index (χ3v) is 11.1. The molecule has 4 fully saturated rings. The lowest BCUT2D eigenvalue weighted by Gasteiger charge is -2.57. The predicted molar refractivity (Wildman–Crippen MR) is 155 cm³/mol. The van der Waals surface area contributed by atoms with Crippen molar-refractivity contribution in [2.75, 3.05) is 0 Å². The van der Waals surface area contributed by atoms with E-state index in [0.29, 0.717) is 17.8 Å². The minimum absolute atomic E-state index is 0.0390. The van der Waals surface area contributed by atoms with Crippen LogP contribution in [0.4, 0.5) is 0 Å². The summed E-state index contributed by atoms with van der Waals surface area (Å²) in [7, 11) is -0.0390. The lowest BCUT2D eigenvalue weighted by Crippen LogP contribution is -2.54. The Balaban J connectivity index is 0.000000187. The van der Waals surface area contributed by atoms with E-state index in [4.69, 9.17) is 0 Å². The van der Waals surface area contributed by atoms with Gasteiger partial charge in [0.15, 0.2) is 14.7 Å². The van der Waals surface area contributed by atoms with Gasteiger partial charge in [-0.25, -0.2) is 0 Å². The maximum atomic E-state index is 11.1. The van der Waals surface area contributed by atoms with Gasteiger partial charge in [-0.05, 0) is 117 Å². The van der Waals surface area contributed by atoms with E-state index in [9.17, 15) is 9.90 Å². The molecule has 0 amide bonds. The summed E-state index contributed by atoms with van der Waals surface area (Å²) in [4.78, 5) is 15.3. The van der Waals surface area contributed by atoms with Crippen LogP contribution >= 0.6 is 0 Å². The van der Waals surface area contributed by atoms with E-state index in [-0.39, 0.29) is 10.9 Å². The number of hydrogen-bond donors (Lipinski definition) is 0. The van der Waals surface area contributed by atoms with E-state index in [1.54, 1.807) is 0 Å². The van der Waals surface area contributed by atoms with Crippen LogP contribution in [-0.4, -0.2) is 5.97 Å². The predicted octanol–water partition coefficient (Wildman–Crippen LogP) is 7.64. The second kappa shape index (κ2) is 12.1. The zero-order valence-electron chi connectivity index (χ0n) is 23.0. The van der Waals surface area contributed by atoms with Gasteiger partial charge in [0.2, 0.25) is 0 Å². The lowest BCUT2D eigenvalue weighted by atomic mass is 9.49. The number of carboxylic acid groups (broad SMARTS) is 1. The highest BCUT2D eigenvalue weighted by molar-refractivity contribution is 7.97. The Morgan fingerprint density at radius 2 is 1.08 bits per heavy atom. The molecule has 4 aliphatic rings. The zero-order valence-corrected chi connectivity index (χ0v) is 23.8. The number of carbonyl (C=O) groups is 1. The normalized spacial score (nSPS) is 25.2. The van der Waals surface area contributed by atoms with Crippen LogP contribution in [-0.2, 0) is 28.5 Å². The minimum Gasteiger partial charge on any atom is -0.550 e. The van der Waals surface area contributed by atoms with E-state index in [0.717, 1.165) is 32.1 Å². The molecule has 200 valence electrons. The van der Waals surface area contributed by atoms with Crippen molar-refractivity contribution in [2.45, 2.75) is 92.7 Å². The highest BCUT2D eigenvalue weighted by Gasteiger charge is 2.51. The van der Waals surface area contributed by atoms with Crippen LogP contribution < -0.4 is 5.11 Å². The third kappa shape index (κ3) is 6.04. The molecule has 2 nitrogen and oxygen atoms in total. The summed E-state index contributed by atoms with van der Waals surface area (Å²) in [6.45, 7) is 4.47. The topological polar surface area (TPSA) is 40.1 Å². The van der Waals surface area contributed by atoms with Gasteiger partial charge in [-0.3, -0.25) is 0 Å². The van der Waals surface area contributed by atoms with Gasteiger partial charge >= 0.3 is 0 Å². The van der Waals surface area contributed by atoms with Crippen molar-refractivity contribution in [2.24, 2.45) is 23.2 Å². The molecule has 7 rings (SSSR count). The molecule has 3 aromatic rings. The van der Waals surface area contributed by atoms with Gasteiger partial charge in [0.05, 0.1) is 10.9 Å². The Bertz CT molecular complexity index is 1100. The number of carbonyl (C=O) groups excluding carboxylic acids is 1. The summed E-state index contributed by atoms with van der Waals surface area (Å²) in [6, 6.07) is 29.4. The van der Waals surface area contributed by atoms with Crippen LogP contribution in [0, 0.1) is 23.2 Å². The molecule has 38 heavy (non-hydrogen) atoms. The summed E-state index contributed by atoms with van der Waals surface area (Å²) in [5.41, 5.74) is 2.47. The Morgan fingerprint density at radius 1 is 0.684 bits per heavy atom. The number of aryl methyl sites for hydroxylation is 2. The summed E-state index contributed by atoms with van der Waals surface area (Å²) in [5.74, 6) is 1.38. The first kappa shape index (κ1) is 27.1. The van der Waals surface area contributed by atoms with Crippen molar-refractivity contribution in [1.82, 2.24) is 0 Å². The first-order valence-corrected chi connectivity index (χ1v) is 15.9. The molecule has 0 heterocycles. The SMILES string of the molecule is CCCc1ccc([S+](c2ccccc2)c2ccc(CCC)cc2)cc1.O=C([O-])C12CC3CC(CC(C3)C1)C2. The molecule has 4 aliphatic carbocycles. The van der Waals surface area contributed by atoms with E-state index in [1.807, 2.05) is 0 Å². The van der Waals surface area contributed by atoms with Crippen molar-refractivity contribution in [3.05, 3.63) is 90.0 Å². The van der Waals surface area contributed by atoms with E-state index in [1.165, 1.54) is 57.9 Å². The van der Waals surface area contributed by atoms with Gasteiger partial charge in [-0.1, -0.05) is 69.2 Å². The molecule has 0 unspecified atom stereocenters. The van der Waals surface area contributed by atoms with Gasteiger partial charge < -0.3 is 9.90 Å². The van der Waals surface area contributed by atoms with Crippen molar-refractivity contribution in [3.8, 4) is 0 Å². The van der Waals surface area contributed by atoms with Crippen LogP contribution in [0.15, 0.2) is 93.5 Å². The van der Waals surface area contributed by atoms with E-state index < -0.39 is 11.4 Å². The smallest absolute Gasteiger partial charge is 0.166 e. The van der Waals surface area contributed by atoms with Crippen LogP contribution in [0.25, 0.3) is 0 Å². The molecule has 4 saturated carbocycles. The highest BCUT2D eigenvalue weighted by Crippen LogP contribution is 2.59. The molecule has 0 N–H and O–H groups in total. The average molecular weight is 527 g/mol. The molecule has 0 aliphatic heterocycles. The average Bonchev–Trinajstić information content (AvgIpc) is 2.91. The molecule has 3 aromatic carbocycles. The largest absolute Gasteiger partial charge is 0.550 e. The maximum Gasteiger partial charge on any atom is 0.166 e. The summed E-state index contributed by atoms with van der Waals surface area (Å²) in [6.07, 6.45) is 11.4. The Labute approximate surface area is 232 Å². The summed E-state index contributed by atoms with van der Waals surface area (Å²) in [5, 5.41) is 11.1. The number of hydrogen-bond acceptors (Lipinski definition) is 2. The first-order valence-electron chi connectivity index (χ1n) is 14.7. The standard InChI is InChI=1S/C24H27S.C11H16O2/c1-3-8-20-12-16-23(17-13-20)25(22-10-6-5-7-11-22)24-18-14-21(9-4-2)15-19-24;12-10(13)11-4-7-1-8(5-11)3-9(2-7)6-11/h5-7,10-19H,3-4,8-9H2,1-2H3;7-9H,1-6H2,(H,12,13)/q+1;/p-1. The van der Waals surface area contributed by atoms with Gasteiger partial charge in [0.1, 0.15) is 0 Å². The molecular formula is C35H42O2S. The molecule has 0 saturated heterocycles. The van der Waals surface area contributed by atoms with Crippen molar-refractivity contribution < 1.29 is 9.90 Å². The highest BCUT2D eigenvalue weighted by atomic mass is 32.2. The number of benzene rings is 3. The third-order valence-electron chi connectivity index (χ3n) is 8.85. The zero-order chi connectivity index (χ0) is 26.5. The second-order valence-corrected chi connectivity index (χ2v) is 13.9. The molecular weight excluding hydrogens is 484 g/mol. The van der Waals surface area contributed by atoms with E-state index in [2.05, 4.69) is 92.7 Å². The van der Waals surface area contributed by atoms with Gasteiger partial charge in [0.25, 0.3) is 0 Å². The number of rotatable bonds is 8. The summed E-state index contributed by atoms with van der Waals surface area (Å²) < 4.78 is 0. The maximum absolute atomic E-state index is 11.1. The molecule has 0 atom stereocenters. The van der Waals surface area contributed by atoms with Crippen LogP contribution in [0.3, 0.4) is 0 Å². The second-order valence-electron chi connectivity index (χ2n) is 11.9. The fourth-order valence-corrected chi connectivity index (χ4v) is 9.55. The van der Waals surface area contributed by atoms with Gasteiger partial charge in [-0.15, -0.1) is 0 Å². The first-order chi connectivity index (χ1) is 18.5. The monoisotopic (exact) mass is 526 g/mol. The fraction of sp³-hybridized carbons (Fsp3) is 0.457. The number of aliphatic carboxylic acids is 1. The van der Waals surface area contributed by atoms with Crippen molar-refractivity contribution >= 4 is 16.9 Å². The number of carboxylic acids is 1. The Kier molecular flexibility index (Phi) is 8.63. The van der Waals surface area contributed by atoms with E-state index >= 15 is 0 Å². The van der Waals surface area contributed by atoms with Crippen molar-refractivity contribution in [1.29, 1.82) is 0 Å². The van der Waals surface area contributed by atoms with Crippen LogP contribution in [0.5, 0.6) is 0 Å². The van der Waals surface area contributed by atoms with Crippen LogP contribution in [0.2, 0.25) is 0 Å². The molecule has 0 spiro atoms. The quantitative estimate of drug-likeness (QED) is 0.283. The lowest BCUT2D eigenvalue weighted by molar-refractivity contribution is -0.327. The molecule has 4 bridgehead atoms. The minimum atomic E-state index is -0.758.